The largest absolute Gasteiger partial charge is 0.458 e. The van der Waals surface area contributed by atoms with Gasteiger partial charge >= 0.3 is 12.1 Å². The summed E-state index contributed by atoms with van der Waals surface area (Å²) in [5.41, 5.74) is 1.21. The van der Waals surface area contributed by atoms with Crippen LogP contribution in [0.15, 0.2) is 11.1 Å². The van der Waals surface area contributed by atoms with E-state index in [-0.39, 0.29) is 36.4 Å². The van der Waals surface area contributed by atoms with E-state index in [9.17, 15) is 14.4 Å². The van der Waals surface area contributed by atoms with Crippen LogP contribution < -0.4 is 5.32 Å². The highest BCUT2D eigenvalue weighted by atomic mass is 79.9. The number of alkyl halides is 1. The van der Waals surface area contributed by atoms with Gasteiger partial charge < -0.3 is 24.6 Å². The monoisotopic (exact) mass is 705 g/mol. The first-order valence-corrected chi connectivity index (χ1v) is 19.3. The van der Waals surface area contributed by atoms with Crippen LogP contribution >= 0.6 is 15.9 Å². The molecule has 0 radical (unpaired) electrons. The Morgan fingerprint density at radius 3 is 2.43 bits per heavy atom. The average Bonchev–Trinajstić information content (AvgIpc) is 3.02. The molecule has 8 nitrogen and oxygen atoms in total. The van der Waals surface area contributed by atoms with Crippen molar-refractivity contribution >= 4 is 33.9 Å². The number of halogens is 1. The summed E-state index contributed by atoms with van der Waals surface area (Å²) in [6.07, 6.45) is 14.7. The number of carbonyl (C=O) groups excluding carboxylic acids is 3. The van der Waals surface area contributed by atoms with Crippen LogP contribution in [0.1, 0.15) is 118 Å². The lowest BCUT2D eigenvalue weighted by molar-refractivity contribution is -0.153. The van der Waals surface area contributed by atoms with Crippen LogP contribution in [0.25, 0.3) is 0 Å². The molecule has 0 aromatic rings. The zero-order chi connectivity index (χ0) is 33.0. The molecule has 7 unspecified atom stereocenters. The molecule has 1 N–H and O–H groups in total. The molecule has 1 saturated heterocycles. The SMILES string of the molecule is CC1=C(CC(=O)N2CCC(C3CCCC(CNC(=O)OC(C)(C)C)C3)CC2)C(=O)OC2CC(N(C)CC3CCCCC3Br)CCC12. The van der Waals surface area contributed by atoms with Crippen molar-refractivity contribution in [2.45, 2.75) is 140 Å². The van der Waals surface area contributed by atoms with Crippen LogP contribution in [0.4, 0.5) is 4.79 Å². The van der Waals surface area contributed by atoms with Crippen LogP contribution in [0.3, 0.4) is 0 Å². The van der Waals surface area contributed by atoms with E-state index in [1.807, 2.05) is 25.7 Å². The Balaban J connectivity index is 1.07. The van der Waals surface area contributed by atoms with Gasteiger partial charge in [-0.3, -0.25) is 4.79 Å². The van der Waals surface area contributed by atoms with Gasteiger partial charge in [0.2, 0.25) is 5.91 Å². The molecule has 7 atom stereocenters. The minimum atomic E-state index is -0.484. The maximum Gasteiger partial charge on any atom is 0.407 e. The van der Waals surface area contributed by atoms with E-state index in [0.29, 0.717) is 46.7 Å². The Morgan fingerprint density at radius 1 is 0.978 bits per heavy atom. The average molecular weight is 707 g/mol. The fourth-order valence-corrected chi connectivity index (χ4v) is 9.95. The number of ether oxygens (including phenoxy) is 2. The zero-order valence-corrected chi connectivity index (χ0v) is 30.7. The standard InChI is InChI=1S/C37H60BrN3O5/c1-24-30-14-13-29(40(5)23-28-10-6-7-12-32(28)38)20-33(30)45-35(43)31(24)21-34(42)41-17-15-26(16-18-41)27-11-8-9-25(19-27)22-39-36(44)46-37(2,3)4/h25-30,32-33H,6-23H2,1-5H3,(H,39,44). The minimum absolute atomic E-state index is 0.0662. The predicted octanol–water partition coefficient (Wildman–Crippen LogP) is 7.24. The summed E-state index contributed by atoms with van der Waals surface area (Å²) in [5, 5.41) is 2.98. The van der Waals surface area contributed by atoms with E-state index in [2.05, 4.69) is 40.1 Å². The van der Waals surface area contributed by atoms with Crippen LogP contribution in [-0.2, 0) is 19.1 Å². The second-order valence-electron chi connectivity index (χ2n) is 16.2. The van der Waals surface area contributed by atoms with Crippen molar-refractivity contribution in [3.05, 3.63) is 11.1 Å². The van der Waals surface area contributed by atoms with Crippen LogP contribution in [-0.4, -0.2) is 83.6 Å². The summed E-state index contributed by atoms with van der Waals surface area (Å²) in [6.45, 7) is 11.0. The van der Waals surface area contributed by atoms with E-state index >= 15 is 0 Å². The van der Waals surface area contributed by atoms with Crippen molar-refractivity contribution in [3.63, 3.8) is 0 Å². The third-order valence-electron chi connectivity index (χ3n) is 11.9. The molecule has 9 heteroatoms. The van der Waals surface area contributed by atoms with E-state index in [1.54, 1.807) is 0 Å². The van der Waals surface area contributed by atoms with Crippen molar-refractivity contribution in [1.82, 2.24) is 15.1 Å². The van der Waals surface area contributed by atoms with Gasteiger partial charge in [-0.05, 0) is 110 Å². The highest BCUT2D eigenvalue weighted by molar-refractivity contribution is 9.09. The fourth-order valence-electron chi connectivity index (χ4n) is 9.20. The predicted molar refractivity (Wildman–Crippen MR) is 185 cm³/mol. The summed E-state index contributed by atoms with van der Waals surface area (Å²) in [4.78, 5) is 44.0. The number of fused-ring (bicyclic) bond motifs is 1. The van der Waals surface area contributed by atoms with Crippen molar-refractivity contribution in [2.75, 3.05) is 33.2 Å². The van der Waals surface area contributed by atoms with Crippen molar-refractivity contribution < 1.29 is 23.9 Å². The molecule has 5 rings (SSSR count). The van der Waals surface area contributed by atoms with Crippen LogP contribution in [0.2, 0.25) is 0 Å². The third kappa shape index (κ3) is 9.29. The molecule has 0 bridgehead atoms. The van der Waals surface area contributed by atoms with Crippen molar-refractivity contribution in [1.29, 1.82) is 0 Å². The Kier molecular flexibility index (Phi) is 12.2. The van der Waals surface area contributed by atoms with Gasteiger partial charge in [-0.15, -0.1) is 0 Å². The summed E-state index contributed by atoms with van der Waals surface area (Å²) in [7, 11) is 2.25. The molecule has 260 valence electrons. The molecule has 3 saturated carbocycles. The van der Waals surface area contributed by atoms with Crippen LogP contribution in [0, 0.1) is 29.6 Å². The summed E-state index contributed by atoms with van der Waals surface area (Å²) >= 11 is 3.92. The zero-order valence-electron chi connectivity index (χ0n) is 29.2. The van der Waals surface area contributed by atoms with Gasteiger partial charge in [0.1, 0.15) is 11.7 Å². The first kappa shape index (κ1) is 35.7. The number of rotatable bonds is 8. The maximum atomic E-state index is 13.5. The first-order valence-electron chi connectivity index (χ1n) is 18.4. The van der Waals surface area contributed by atoms with Gasteiger partial charge in [-0.25, -0.2) is 9.59 Å². The Morgan fingerprint density at radius 2 is 1.72 bits per heavy atom. The Hall–Kier alpha value is -1.61. The molecule has 5 aliphatic rings. The first-order chi connectivity index (χ1) is 21.9. The van der Waals surface area contributed by atoms with Gasteiger partial charge in [-0.1, -0.05) is 47.2 Å². The minimum Gasteiger partial charge on any atom is -0.458 e. The second-order valence-corrected chi connectivity index (χ2v) is 17.4. The number of alkyl carbamates (subject to hydrolysis) is 1. The topological polar surface area (TPSA) is 88.2 Å². The molecule has 2 amide bonds. The normalized spacial score (nSPS) is 33.0. The van der Waals surface area contributed by atoms with Crippen molar-refractivity contribution in [3.8, 4) is 0 Å². The molecule has 46 heavy (non-hydrogen) atoms. The van der Waals surface area contributed by atoms with Gasteiger partial charge in [0, 0.05) is 55.0 Å². The van der Waals surface area contributed by atoms with E-state index < -0.39 is 5.60 Å². The lowest BCUT2D eigenvalue weighted by Crippen LogP contribution is -2.48. The molecular formula is C37H60BrN3O5. The number of nitrogens with one attached hydrogen (secondary N) is 1. The molecule has 2 heterocycles. The number of esters is 1. The maximum absolute atomic E-state index is 13.5. The van der Waals surface area contributed by atoms with E-state index in [4.69, 9.17) is 9.47 Å². The van der Waals surface area contributed by atoms with Crippen molar-refractivity contribution in [2.24, 2.45) is 29.6 Å². The lowest BCUT2D eigenvalue weighted by Gasteiger charge is -2.44. The highest BCUT2D eigenvalue weighted by Crippen LogP contribution is 2.42. The second kappa shape index (κ2) is 15.7. The molecule has 0 aromatic heterocycles. The number of amides is 2. The number of hydrogen-bond acceptors (Lipinski definition) is 6. The molecule has 4 fully saturated rings. The molecule has 3 aliphatic carbocycles. The third-order valence-corrected chi connectivity index (χ3v) is 13.1. The summed E-state index contributed by atoms with van der Waals surface area (Å²) < 4.78 is 11.5. The van der Waals surface area contributed by atoms with Gasteiger partial charge in [-0.2, -0.15) is 0 Å². The Bertz CT molecular complexity index is 1110. The summed E-state index contributed by atoms with van der Waals surface area (Å²) in [5.74, 6) is 2.46. The van der Waals surface area contributed by atoms with E-state index in [0.717, 1.165) is 70.2 Å². The quantitative estimate of drug-likeness (QED) is 0.212. The lowest BCUT2D eigenvalue weighted by atomic mass is 9.72. The Labute approximate surface area is 286 Å². The van der Waals surface area contributed by atoms with Gasteiger partial charge in [0.15, 0.2) is 0 Å². The number of piperidine rings is 1. The number of nitrogens with zero attached hydrogens (tertiary/aromatic N) is 2. The summed E-state index contributed by atoms with van der Waals surface area (Å²) in [6, 6.07) is 0.439. The number of likely N-dealkylation sites (tertiary alicyclic amines) is 1. The fraction of sp³-hybridized carbons (Fsp3) is 0.865. The highest BCUT2D eigenvalue weighted by Gasteiger charge is 2.42. The van der Waals surface area contributed by atoms with Gasteiger partial charge in [0.05, 0.1) is 6.42 Å². The smallest absolute Gasteiger partial charge is 0.407 e. The van der Waals surface area contributed by atoms with Crippen LogP contribution in [0.5, 0.6) is 0 Å². The molecule has 0 aromatic carbocycles. The molecular weight excluding hydrogens is 646 g/mol. The number of carbonyl (C=O) groups is 3. The molecule has 0 spiro atoms. The molecule has 2 aliphatic heterocycles. The number of hydrogen-bond donors (Lipinski definition) is 1. The van der Waals surface area contributed by atoms with E-state index in [1.165, 1.54) is 38.5 Å². The van der Waals surface area contributed by atoms with Gasteiger partial charge in [0.25, 0.3) is 0 Å².